The van der Waals surface area contributed by atoms with Crippen LogP contribution < -0.4 is 11.2 Å². The van der Waals surface area contributed by atoms with E-state index in [2.05, 4.69) is 60.8 Å². The quantitative estimate of drug-likeness (QED) is 0.483. The van der Waals surface area contributed by atoms with Crippen molar-refractivity contribution in [1.82, 2.24) is 10.3 Å². The first-order valence-electron chi connectivity index (χ1n) is 5.35. The Balaban J connectivity index is 2.68. The van der Waals surface area contributed by atoms with Crippen LogP contribution in [0.4, 0.5) is 0 Å². The Morgan fingerprint density at radius 2 is 2.00 bits per heavy atom. The normalized spacial score (nSPS) is 12.9. The van der Waals surface area contributed by atoms with E-state index in [0.717, 1.165) is 5.56 Å². The molecule has 4 nitrogen and oxygen atoms in total. The van der Waals surface area contributed by atoms with Gasteiger partial charge < -0.3 is 10.6 Å². The van der Waals surface area contributed by atoms with Gasteiger partial charge in [-0.15, -0.1) is 0 Å². The van der Waals surface area contributed by atoms with E-state index in [4.69, 9.17) is 5.73 Å². The Kier molecular flexibility index (Phi) is 5.06. The second-order valence-electron chi connectivity index (χ2n) is 4.04. The molecule has 3 N–H and O–H groups in total. The van der Waals surface area contributed by atoms with Crippen molar-refractivity contribution in [3.05, 3.63) is 35.4 Å². The van der Waals surface area contributed by atoms with Crippen LogP contribution >= 0.6 is 12.2 Å². The molecule has 1 unspecified atom stereocenters. The molecule has 0 saturated heterocycles. The number of hydrogen-bond donors (Lipinski definition) is 2. The average Bonchev–Trinajstić information content (AvgIpc) is 2.28. The lowest BCUT2D eigenvalue weighted by Gasteiger charge is -2.20. The highest BCUT2D eigenvalue weighted by Crippen LogP contribution is 2.16. The van der Waals surface area contributed by atoms with E-state index in [1.165, 1.54) is 5.56 Å². The van der Waals surface area contributed by atoms with E-state index < -0.39 is 0 Å². The van der Waals surface area contributed by atoms with Gasteiger partial charge in [-0.1, -0.05) is 24.3 Å². The number of thiocarbonyl (C=S) groups is 1. The van der Waals surface area contributed by atoms with Gasteiger partial charge in [0, 0.05) is 6.04 Å². The summed E-state index contributed by atoms with van der Waals surface area (Å²) in [5.74, 6) is 0. The molecule has 0 heterocycles. The van der Waals surface area contributed by atoms with Gasteiger partial charge >= 0.3 is 0 Å². The van der Waals surface area contributed by atoms with Crippen LogP contribution in [-0.2, 0) is 0 Å². The molecule has 0 spiro atoms. The average molecular weight is 250 g/mol. The predicted octanol–water partition coefficient (Wildman–Crippen LogP) is 1.48. The summed E-state index contributed by atoms with van der Waals surface area (Å²) in [5, 5.41) is 4.06. The SMILES string of the molecule is CC(c1ccc(C=NNC(N)=S)cc1)N(C)C. The van der Waals surface area contributed by atoms with Crippen molar-refractivity contribution in [2.24, 2.45) is 10.8 Å². The molecule has 1 aromatic rings. The molecular weight excluding hydrogens is 232 g/mol. The van der Waals surface area contributed by atoms with Gasteiger partial charge in [0.05, 0.1) is 6.21 Å². The van der Waals surface area contributed by atoms with E-state index in [0.29, 0.717) is 6.04 Å². The van der Waals surface area contributed by atoms with Crippen molar-refractivity contribution in [3.8, 4) is 0 Å². The second kappa shape index (κ2) is 6.32. The highest BCUT2D eigenvalue weighted by Gasteiger charge is 2.06. The number of nitrogens with one attached hydrogen (secondary N) is 1. The lowest BCUT2D eigenvalue weighted by Crippen LogP contribution is -2.24. The molecule has 0 amide bonds. The summed E-state index contributed by atoms with van der Waals surface area (Å²) in [6.45, 7) is 2.16. The van der Waals surface area contributed by atoms with Crippen molar-refractivity contribution in [1.29, 1.82) is 0 Å². The molecule has 0 saturated carbocycles. The molecule has 1 atom stereocenters. The first kappa shape index (κ1) is 13.6. The van der Waals surface area contributed by atoms with Crippen LogP contribution in [-0.4, -0.2) is 30.3 Å². The van der Waals surface area contributed by atoms with Crippen molar-refractivity contribution in [2.45, 2.75) is 13.0 Å². The molecule has 0 radical (unpaired) electrons. The third-order valence-corrected chi connectivity index (χ3v) is 2.67. The Bertz CT molecular complexity index is 397. The first-order chi connectivity index (χ1) is 8.00. The smallest absolute Gasteiger partial charge is 0.184 e. The zero-order valence-corrected chi connectivity index (χ0v) is 11.2. The van der Waals surface area contributed by atoms with Gasteiger partial charge in [0.1, 0.15) is 0 Å². The number of nitrogens with two attached hydrogens (primary N) is 1. The maximum absolute atomic E-state index is 5.25. The van der Waals surface area contributed by atoms with Gasteiger partial charge in [0.2, 0.25) is 0 Å². The van der Waals surface area contributed by atoms with Crippen LogP contribution in [0.1, 0.15) is 24.1 Å². The third kappa shape index (κ3) is 4.50. The Morgan fingerprint density at radius 3 is 2.47 bits per heavy atom. The van der Waals surface area contributed by atoms with Gasteiger partial charge in [0.25, 0.3) is 0 Å². The fourth-order valence-electron chi connectivity index (χ4n) is 1.33. The zero-order chi connectivity index (χ0) is 12.8. The van der Waals surface area contributed by atoms with Gasteiger partial charge in [-0.05, 0) is 44.4 Å². The number of hydrazone groups is 1. The van der Waals surface area contributed by atoms with Gasteiger partial charge in [-0.3, -0.25) is 5.43 Å². The minimum Gasteiger partial charge on any atom is -0.375 e. The Morgan fingerprint density at radius 1 is 1.41 bits per heavy atom. The number of rotatable bonds is 4. The van der Waals surface area contributed by atoms with E-state index in [1.54, 1.807) is 6.21 Å². The van der Waals surface area contributed by atoms with Crippen LogP contribution in [0, 0.1) is 0 Å². The molecule has 0 aliphatic heterocycles. The molecule has 1 aromatic carbocycles. The lowest BCUT2D eigenvalue weighted by molar-refractivity contribution is 0.321. The van der Waals surface area contributed by atoms with Crippen molar-refractivity contribution in [3.63, 3.8) is 0 Å². The predicted molar refractivity (Wildman–Crippen MR) is 76.1 cm³/mol. The highest BCUT2D eigenvalue weighted by atomic mass is 32.1. The lowest BCUT2D eigenvalue weighted by atomic mass is 10.1. The minimum absolute atomic E-state index is 0.166. The number of benzene rings is 1. The highest BCUT2D eigenvalue weighted by molar-refractivity contribution is 7.80. The summed E-state index contributed by atoms with van der Waals surface area (Å²) in [4.78, 5) is 2.16. The Labute approximate surface area is 107 Å². The standard InChI is InChI=1S/C12H18N4S/c1-9(16(2)3)11-6-4-10(5-7-11)8-14-15-12(13)17/h4-9H,1-3H3,(H3,13,15,17). The maximum Gasteiger partial charge on any atom is 0.184 e. The van der Waals surface area contributed by atoms with E-state index in [9.17, 15) is 0 Å². The fourth-order valence-corrected chi connectivity index (χ4v) is 1.38. The number of nitrogens with zero attached hydrogens (tertiary/aromatic N) is 2. The summed E-state index contributed by atoms with van der Waals surface area (Å²) in [6, 6.07) is 8.61. The summed E-state index contributed by atoms with van der Waals surface area (Å²) < 4.78 is 0. The van der Waals surface area contributed by atoms with E-state index in [-0.39, 0.29) is 5.11 Å². The minimum atomic E-state index is 0.166. The molecule has 17 heavy (non-hydrogen) atoms. The van der Waals surface area contributed by atoms with Crippen molar-refractivity contribution < 1.29 is 0 Å². The molecule has 92 valence electrons. The molecular formula is C12H18N4S. The molecule has 0 aliphatic rings. The monoisotopic (exact) mass is 250 g/mol. The third-order valence-electron chi connectivity index (χ3n) is 2.58. The molecule has 5 heteroatoms. The summed E-state index contributed by atoms with van der Waals surface area (Å²) in [5.41, 5.74) is 10.1. The Hall–Kier alpha value is -1.46. The molecule has 0 aromatic heterocycles. The van der Waals surface area contributed by atoms with Crippen molar-refractivity contribution in [2.75, 3.05) is 14.1 Å². The van der Waals surface area contributed by atoms with Crippen LogP contribution in [0.5, 0.6) is 0 Å². The van der Waals surface area contributed by atoms with Crippen LogP contribution in [0.25, 0.3) is 0 Å². The van der Waals surface area contributed by atoms with Gasteiger partial charge in [-0.2, -0.15) is 5.10 Å². The summed E-state index contributed by atoms with van der Waals surface area (Å²) in [6.07, 6.45) is 1.68. The molecule has 0 aliphatic carbocycles. The fraction of sp³-hybridized carbons (Fsp3) is 0.333. The largest absolute Gasteiger partial charge is 0.375 e. The summed E-state index contributed by atoms with van der Waals surface area (Å²) in [7, 11) is 4.12. The maximum atomic E-state index is 5.25. The van der Waals surface area contributed by atoms with Crippen LogP contribution in [0.2, 0.25) is 0 Å². The zero-order valence-electron chi connectivity index (χ0n) is 10.3. The van der Waals surface area contributed by atoms with E-state index >= 15 is 0 Å². The van der Waals surface area contributed by atoms with Crippen LogP contribution in [0.3, 0.4) is 0 Å². The van der Waals surface area contributed by atoms with Crippen LogP contribution in [0.15, 0.2) is 29.4 Å². The summed E-state index contributed by atoms with van der Waals surface area (Å²) >= 11 is 4.64. The first-order valence-corrected chi connectivity index (χ1v) is 5.76. The van der Waals surface area contributed by atoms with Gasteiger partial charge in [-0.25, -0.2) is 0 Å². The second-order valence-corrected chi connectivity index (χ2v) is 4.48. The molecule has 0 fully saturated rings. The topological polar surface area (TPSA) is 53.6 Å². The molecule has 1 rings (SSSR count). The van der Waals surface area contributed by atoms with E-state index in [1.807, 2.05) is 12.1 Å². The molecule has 0 bridgehead atoms. The van der Waals surface area contributed by atoms with Gasteiger partial charge in [0.15, 0.2) is 5.11 Å². The van der Waals surface area contributed by atoms with Crippen molar-refractivity contribution >= 4 is 23.5 Å². The number of hydrogen-bond acceptors (Lipinski definition) is 3.